The minimum atomic E-state index is -0.286. The highest BCUT2D eigenvalue weighted by Crippen LogP contribution is 2.20. The van der Waals surface area contributed by atoms with Gasteiger partial charge >= 0.3 is 0 Å². The lowest BCUT2D eigenvalue weighted by Crippen LogP contribution is -2.45. The first-order valence-electron chi connectivity index (χ1n) is 9.11. The second-order valence-electron chi connectivity index (χ2n) is 6.47. The van der Waals surface area contributed by atoms with Crippen molar-refractivity contribution in [2.75, 3.05) is 38.7 Å². The summed E-state index contributed by atoms with van der Waals surface area (Å²) in [6.45, 7) is 2.04. The number of ether oxygens (including phenoxy) is 1. The molecule has 0 saturated carbocycles. The maximum Gasteiger partial charge on any atom is 0.191 e. The number of anilines is 1. The Morgan fingerprint density at radius 1 is 1.32 bits per heavy atom. The van der Waals surface area contributed by atoms with Gasteiger partial charge in [0.1, 0.15) is 0 Å². The summed E-state index contributed by atoms with van der Waals surface area (Å²) in [6, 6.07) is 13.3. The number of hydrogen-bond acceptors (Lipinski definition) is 4. The van der Waals surface area contributed by atoms with E-state index in [0.717, 1.165) is 18.5 Å². The molecule has 6 nitrogen and oxygen atoms in total. The molecule has 0 spiro atoms. The summed E-state index contributed by atoms with van der Waals surface area (Å²) in [7, 11) is 3.44. The molecule has 3 rings (SSSR count). The lowest BCUT2D eigenvalue weighted by molar-refractivity contribution is 0.106. The molecule has 1 saturated heterocycles. The highest BCUT2D eigenvalue weighted by Gasteiger charge is 2.26. The average Bonchev–Trinajstić information content (AvgIpc) is 3.17. The Bertz CT molecular complexity index is 761. The zero-order valence-electron chi connectivity index (χ0n) is 16.1. The second-order valence-corrected chi connectivity index (χ2v) is 6.47. The number of pyridine rings is 1. The molecule has 0 radical (unpaired) electrons. The van der Waals surface area contributed by atoms with Crippen molar-refractivity contribution in [3.05, 3.63) is 60.0 Å². The molecule has 0 aliphatic carbocycles. The van der Waals surface area contributed by atoms with Gasteiger partial charge in [-0.05, 0) is 24.1 Å². The van der Waals surface area contributed by atoms with E-state index in [2.05, 4.69) is 20.6 Å². The normalized spacial score (nSPS) is 17.8. The molecule has 28 heavy (non-hydrogen) atoms. The average molecular weight is 499 g/mol. The van der Waals surface area contributed by atoms with E-state index < -0.39 is 0 Å². The van der Waals surface area contributed by atoms with Gasteiger partial charge in [0.15, 0.2) is 17.6 Å². The van der Waals surface area contributed by atoms with Crippen LogP contribution in [0.5, 0.6) is 0 Å². The predicted molar refractivity (Wildman–Crippen MR) is 121 cm³/mol. The van der Waals surface area contributed by atoms with E-state index in [1.165, 1.54) is 6.07 Å². The van der Waals surface area contributed by atoms with E-state index in [0.29, 0.717) is 24.9 Å². The van der Waals surface area contributed by atoms with Crippen molar-refractivity contribution >= 4 is 35.8 Å². The standard InChI is InChI=1S/C20H26FN5O.HI/c1-22-20(24-13-18(27-2)15-7-4-3-5-8-15)25-16-10-12-26(14-16)19-17(21)9-6-11-23-19;/h3-9,11,16,18H,10,12-14H2,1-2H3,(H2,22,24,25);1H. The van der Waals surface area contributed by atoms with Crippen LogP contribution in [0, 0.1) is 5.82 Å². The van der Waals surface area contributed by atoms with E-state index in [1.807, 2.05) is 35.2 Å². The first-order valence-corrected chi connectivity index (χ1v) is 9.11. The topological polar surface area (TPSA) is 61.8 Å². The van der Waals surface area contributed by atoms with Gasteiger partial charge in [-0.3, -0.25) is 4.99 Å². The van der Waals surface area contributed by atoms with Gasteiger partial charge in [-0.2, -0.15) is 0 Å². The molecule has 0 bridgehead atoms. The number of aromatic nitrogens is 1. The third-order valence-electron chi connectivity index (χ3n) is 4.70. The lowest BCUT2D eigenvalue weighted by atomic mass is 10.1. The third kappa shape index (κ3) is 5.78. The maximum absolute atomic E-state index is 13.9. The Morgan fingerprint density at radius 3 is 2.79 bits per heavy atom. The molecule has 1 aromatic heterocycles. The first-order chi connectivity index (χ1) is 13.2. The quantitative estimate of drug-likeness (QED) is 0.364. The van der Waals surface area contributed by atoms with Crippen LogP contribution < -0.4 is 15.5 Å². The highest BCUT2D eigenvalue weighted by molar-refractivity contribution is 14.0. The summed E-state index contributed by atoms with van der Waals surface area (Å²) in [5.41, 5.74) is 1.11. The van der Waals surface area contributed by atoms with E-state index >= 15 is 0 Å². The van der Waals surface area contributed by atoms with E-state index in [4.69, 9.17) is 4.74 Å². The van der Waals surface area contributed by atoms with Crippen molar-refractivity contribution in [1.29, 1.82) is 0 Å². The monoisotopic (exact) mass is 499 g/mol. The van der Waals surface area contributed by atoms with Gasteiger partial charge in [0, 0.05) is 46.0 Å². The summed E-state index contributed by atoms with van der Waals surface area (Å²) in [5, 5.41) is 6.72. The van der Waals surface area contributed by atoms with Crippen LogP contribution in [0.25, 0.3) is 0 Å². The molecule has 0 amide bonds. The Balaban J connectivity index is 0.00000280. The molecule has 1 aromatic carbocycles. The number of hydrogen-bond donors (Lipinski definition) is 2. The highest BCUT2D eigenvalue weighted by atomic mass is 127. The minimum Gasteiger partial charge on any atom is -0.375 e. The van der Waals surface area contributed by atoms with Gasteiger partial charge in [-0.25, -0.2) is 9.37 Å². The number of nitrogens with one attached hydrogen (secondary N) is 2. The summed E-state index contributed by atoms with van der Waals surface area (Å²) in [5.74, 6) is 0.834. The minimum absolute atomic E-state index is 0. The van der Waals surface area contributed by atoms with Crippen molar-refractivity contribution in [2.45, 2.75) is 18.6 Å². The SMILES string of the molecule is CN=C(NCC(OC)c1ccccc1)NC1CCN(c2ncccc2F)C1.I. The van der Waals surface area contributed by atoms with Gasteiger partial charge in [-0.15, -0.1) is 24.0 Å². The fourth-order valence-electron chi connectivity index (χ4n) is 3.26. The van der Waals surface area contributed by atoms with E-state index in [1.54, 1.807) is 26.4 Å². The first kappa shape index (κ1) is 22.4. The molecule has 2 atom stereocenters. The molecule has 2 unspecified atom stereocenters. The number of rotatable bonds is 6. The molecule has 1 aliphatic heterocycles. The number of nitrogens with zero attached hydrogens (tertiary/aromatic N) is 3. The van der Waals surface area contributed by atoms with Gasteiger partial charge in [0.05, 0.1) is 6.10 Å². The van der Waals surface area contributed by atoms with Crippen molar-refractivity contribution in [3.8, 4) is 0 Å². The van der Waals surface area contributed by atoms with Crippen LogP contribution in [0.4, 0.5) is 10.2 Å². The number of halogens is 2. The zero-order valence-corrected chi connectivity index (χ0v) is 18.5. The van der Waals surface area contributed by atoms with Crippen LogP contribution in [0.3, 0.4) is 0 Å². The smallest absolute Gasteiger partial charge is 0.191 e. The van der Waals surface area contributed by atoms with Crippen molar-refractivity contribution < 1.29 is 9.13 Å². The molecule has 8 heteroatoms. The van der Waals surface area contributed by atoms with E-state index in [9.17, 15) is 4.39 Å². The van der Waals surface area contributed by atoms with Gasteiger partial charge in [0.2, 0.25) is 0 Å². The second kappa shape index (κ2) is 11.2. The van der Waals surface area contributed by atoms with Crippen LogP contribution in [-0.4, -0.2) is 50.8 Å². The Morgan fingerprint density at radius 2 is 2.11 bits per heavy atom. The number of guanidine groups is 1. The van der Waals surface area contributed by atoms with Crippen LogP contribution >= 0.6 is 24.0 Å². The molecule has 1 fully saturated rings. The summed E-state index contributed by atoms with van der Waals surface area (Å²) in [6.07, 6.45) is 2.45. The molecular formula is C20H27FIN5O. The van der Waals surface area contributed by atoms with Crippen molar-refractivity contribution in [3.63, 3.8) is 0 Å². The molecule has 152 valence electrons. The van der Waals surface area contributed by atoms with Gasteiger partial charge < -0.3 is 20.3 Å². The molecule has 2 heterocycles. The van der Waals surface area contributed by atoms with Gasteiger partial charge in [-0.1, -0.05) is 30.3 Å². The van der Waals surface area contributed by atoms with Crippen molar-refractivity contribution in [1.82, 2.24) is 15.6 Å². The molecule has 2 N–H and O–H groups in total. The predicted octanol–water partition coefficient (Wildman–Crippen LogP) is 2.97. The Labute approximate surface area is 182 Å². The summed E-state index contributed by atoms with van der Waals surface area (Å²) in [4.78, 5) is 10.4. The zero-order chi connectivity index (χ0) is 19.1. The fraction of sp³-hybridized carbons (Fsp3) is 0.400. The van der Waals surface area contributed by atoms with Crippen LogP contribution in [0.1, 0.15) is 18.1 Å². The van der Waals surface area contributed by atoms with Crippen LogP contribution in [0.15, 0.2) is 53.7 Å². The molecule has 2 aromatic rings. The van der Waals surface area contributed by atoms with Crippen LogP contribution in [0.2, 0.25) is 0 Å². The van der Waals surface area contributed by atoms with Gasteiger partial charge in [0.25, 0.3) is 0 Å². The number of methoxy groups -OCH3 is 1. The van der Waals surface area contributed by atoms with Crippen LogP contribution in [-0.2, 0) is 4.74 Å². The summed E-state index contributed by atoms with van der Waals surface area (Å²) >= 11 is 0. The fourth-order valence-corrected chi connectivity index (χ4v) is 3.26. The summed E-state index contributed by atoms with van der Waals surface area (Å²) < 4.78 is 19.5. The van der Waals surface area contributed by atoms with Crippen molar-refractivity contribution in [2.24, 2.45) is 4.99 Å². The molecular weight excluding hydrogens is 472 g/mol. The molecule has 1 aliphatic rings. The largest absolute Gasteiger partial charge is 0.375 e. The third-order valence-corrected chi connectivity index (χ3v) is 4.70. The Hall–Kier alpha value is -1.94. The lowest BCUT2D eigenvalue weighted by Gasteiger charge is -2.22. The number of benzene rings is 1. The Kier molecular flexibility index (Phi) is 8.91. The van der Waals surface area contributed by atoms with E-state index in [-0.39, 0.29) is 41.9 Å². The maximum atomic E-state index is 13.9. The number of aliphatic imine (C=N–C) groups is 1.